The first-order valence-electron chi connectivity index (χ1n) is 6.15. The molecule has 20 heavy (non-hydrogen) atoms. The number of carbonyl (C=O) groups excluding carboxylic acids is 2. The Hall–Kier alpha value is -2.44. The molecule has 7 nitrogen and oxygen atoms in total. The molecule has 0 saturated heterocycles. The summed E-state index contributed by atoms with van der Waals surface area (Å²) < 4.78 is 0. The monoisotopic (exact) mass is 279 g/mol. The highest BCUT2D eigenvalue weighted by Gasteiger charge is 2.14. The molecule has 1 aromatic rings. The summed E-state index contributed by atoms with van der Waals surface area (Å²) in [6.07, 6.45) is 0.305. The first kappa shape index (κ1) is 15.6. The Morgan fingerprint density at radius 1 is 1.30 bits per heavy atom. The van der Waals surface area contributed by atoms with Crippen LogP contribution >= 0.6 is 0 Å². The van der Waals surface area contributed by atoms with Crippen LogP contribution in [-0.2, 0) is 4.79 Å². The summed E-state index contributed by atoms with van der Waals surface area (Å²) in [5.74, 6) is -0.611. The van der Waals surface area contributed by atoms with E-state index in [1.165, 1.54) is 18.2 Å². The highest BCUT2D eigenvalue weighted by atomic mass is 16.6. The molecule has 0 atom stereocenters. The number of rotatable bonds is 4. The minimum atomic E-state index is -0.514. The van der Waals surface area contributed by atoms with Crippen molar-refractivity contribution in [3.63, 3.8) is 0 Å². The number of nitro benzene ring substituents is 1. The summed E-state index contributed by atoms with van der Waals surface area (Å²) in [4.78, 5) is 33.3. The topological polar surface area (TPSA) is 101 Å². The van der Waals surface area contributed by atoms with Gasteiger partial charge >= 0.3 is 0 Å². The van der Waals surface area contributed by atoms with Crippen molar-refractivity contribution >= 4 is 17.5 Å². The Kier molecular flexibility index (Phi) is 5.19. The number of aryl methyl sites for hydroxylation is 1. The number of benzene rings is 1. The number of nitro groups is 1. The zero-order valence-corrected chi connectivity index (χ0v) is 11.6. The van der Waals surface area contributed by atoms with Gasteiger partial charge in [0.05, 0.1) is 4.92 Å². The van der Waals surface area contributed by atoms with Gasteiger partial charge in [-0.2, -0.15) is 0 Å². The fourth-order valence-corrected chi connectivity index (χ4v) is 1.62. The molecule has 2 amide bonds. The summed E-state index contributed by atoms with van der Waals surface area (Å²) in [5.41, 5.74) is 5.15. The van der Waals surface area contributed by atoms with Crippen LogP contribution in [0.15, 0.2) is 18.2 Å². The van der Waals surface area contributed by atoms with E-state index >= 15 is 0 Å². The highest BCUT2D eigenvalue weighted by Crippen LogP contribution is 2.18. The fourth-order valence-electron chi connectivity index (χ4n) is 1.62. The molecule has 1 rings (SSSR count). The van der Waals surface area contributed by atoms with E-state index < -0.39 is 10.8 Å². The molecule has 0 aliphatic rings. The average molecular weight is 279 g/mol. The van der Waals surface area contributed by atoms with Crippen LogP contribution < -0.4 is 10.9 Å². The molecule has 0 radical (unpaired) electrons. The Balaban J connectivity index is 2.67. The Morgan fingerprint density at radius 2 is 1.95 bits per heavy atom. The van der Waals surface area contributed by atoms with E-state index in [9.17, 15) is 19.7 Å². The molecule has 7 heteroatoms. The third-order valence-corrected chi connectivity index (χ3v) is 2.56. The van der Waals surface area contributed by atoms with Crippen molar-refractivity contribution < 1.29 is 14.5 Å². The zero-order valence-electron chi connectivity index (χ0n) is 11.6. The maximum absolute atomic E-state index is 11.8. The van der Waals surface area contributed by atoms with Gasteiger partial charge in [-0.15, -0.1) is 0 Å². The average Bonchev–Trinajstić information content (AvgIpc) is 2.34. The van der Waals surface area contributed by atoms with Crippen molar-refractivity contribution in [1.29, 1.82) is 0 Å². The van der Waals surface area contributed by atoms with Gasteiger partial charge in [0.1, 0.15) is 0 Å². The van der Waals surface area contributed by atoms with Gasteiger partial charge in [0, 0.05) is 23.6 Å². The molecule has 2 N–H and O–H groups in total. The SMILES string of the molecule is Cc1cc(C(=O)NNC(=O)CC(C)C)ccc1[N+](=O)[O-]. The van der Waals surface area contributed by atoms with E-state index in [-0.39, 0.29) is 23.1 Å². The molecule has 0 unspecified atom stereocenters. The molecule has 0 fully saturated rings. The second-order valence-electron chi connectivity index (χ2n) is 4.86. The third-order valence-electron chi connectivity index (χ3n) is 2.56. The zero-order chi connectivity index (χ0) is 15.3. The quantitative estimate of drug-likeness (QED) is 0.647. The first-order chi connectivity index (χ1) is 9.31. The molecular formula is C13H17N3O4. The first-order valence-corrected chi connectivity index (χ1v) is 6.15. The van der Waals surface area contributed by atoms with Crippen molar-refractivity contribution in [2.24, 2.45) is 5.92 Å². The molecule has 0 aliphatic carbocycles. The Labute approximate surface area is 116 Å². The number of hydrazine groups is 1. The van der Waals surface area contributed by atoms with Crippen LogP contribution in [0, 0.1) is 23.0 Å². The highest BCUT2D eigenvalue weighted by molar-refractivity contribution is 5.95. The molecular weight excluding hydrogens is 262 g/mol. The van der Waals surface area contributed by atoms with E-state index in [1.807, 2.05) is 13.8 Å². The molecule has 0 aliphatic heterocycles. The maximum Gasteiger partial charge on any atom is 0.272 e. The molecule has 1 aromatic carbocycles. The second-order valence-corrected chi connectivity index (χ2v) is 4.86. The summed E-state index contributed by atoms with van der Waals surface area (Å²) in [7, 11) is 0. The largest absolute Gasteiger partial charge is 0.273 e. The molecule has 0 saturated carbocycles. The standard InChI is InChI=1S/C13H17N3O4/c1-8(2)6-12(17)14-15-13(18)10-4-5-11(16(19)20)9(3)7-10/h4-5,7-8H,6H2,1-3H3,(H,14,17)(H,15,18). The van der Waals surface area contributed by atoms with Gasteiger partial charge in [-0.05, 0) is 25.0 Å². The predicted octanol–water partition coefficient (Wildman–Crippen LogP) is 1.71. The van der Waals surface area contributed by atoms with Gasteiger partial charge in [-0.3, -0.25) is 30.6 Å². The maximum atomic E-state index is 11.8. The minimum absolute atomic E-state index is 0.0506. The van der Waals surface area contributed by atoms with Gasteiger partial charge in [-0.25, -0.2) is 0 Å². The predicted molar refractivity (Wildman–Crippen MR) is 72.9 cm³/mol. The van der Waals surface area contributed by atoms with Crippen molar-refractivity contribution in [3.8, 4) is 0 Å². The van der Waals surface area contributed by atoms with Gasteiger partial charge < -0.3 is 0 Å². The van der Waals surface area contributed by atoms with Crippen LogP contribution in [0.3, 0.4) is 0 Å². The van der Waals surface area contributed by atoms with E-state index in [2.05, 4.69) is 10.9 Å². The lowest BCUT2D eigenvalue weighted by molar-refractivity contribution is -0.385. The van der Waals surface area contributed by atoms with Crippen LogP contribution in [0.2, 0.25) is 0 Å². The number of nitrogens with one attached hydrogen (secondary N) is 2. The van der Waals surface area contributed by atoms with Crippen LogP contribution in [0.1, 0.15) is 36.2 Å². The molecule has 0 bridgehead atoms. The van der Waals surface area contributed by atoms with Gasteiger partial charge in [0.25, 0.3) is 11.6 Å². The molecule has 0 spiro atoms. The smallest absolute Gasteiger partial charge is 0.272 e. The minimum Gasteiger partial charge on any atom is -0.273 e. The van der Waals surface area contributed by atoms with Gasteiger partial charge in [0.2, 0.25) is 5.91 Å². The van der Waals surface area contributed by atoms with Gasteiger partial charge in [0.15, 0.2) is 0 Å². The van der Waals surface area contributed by atoms with E-state index in [4.69, 9.17) is 0 Å². The molecule has 0 heterocycles. The summed E-state index contributed by atoms with van der Waals surface area (Å²) >= 11 is 0. The van der Waals surface area contributed by atoms with Crippen molar-refractivity contribution in [2.45, 2.75) is 27.2 Å². The second kappa shape index (κ2) is 6.65. The number of hydrogen-bond acceptors (Lipinski definition) is 4. The summed E-state index contributed by atoms with van der Waals surface area (Å²) in [6, 6.07) is 4.01. The Bertz CT molecular complexity index is 540. The Morgan fingerprint density at radius 3 is 2.45 bits per heavy atom. The van der Waals surface area contributed by atoms with E-state index in [0.717, 1.165) is 0 Å². The van der Waals surface area contributed by atoms with Crippen molar-refractivity contribution in [2.75, 3.05) is 0 Å². The molecule has 0 aromatic heterocycles. The lowest BCUT2D eigenvalue weighted by atomic mass is 10.1. The normalized spacial score (nSPS) is 10.2. The van der Waals surface area contributed by atoms with Crippen LogP contribution in [0.4, 0.5) is 5.69 Å². The summed E-state index contributed by atoms with van der Waals surface area (Å²) in [5, 5.41) is 10.7. The van der Waals surface area contributed by atoms with Crippen LogP contribution in [-0.4, -0.2) is 16.7 Å². The van der Waals surface area contributed by atoms with Crippen molar-refractivity contribution in [1.82, 2.24) is 10.9 Å². The number of nitrogens with zero attached hydrogens (tertiary/aromatic N) is 1. The van der Waals surface area contributed by atoms with Crippen molar-refractivity contribution in [3.05, 3.63) is 39.4 Å². The van der Waals surface area contributed by atoms with E-state index in [1.54, 1.807) is 6.92 Å². The number of amides is 2. The number of carbonyl (C=O) groups is 2. The van der Waals surface area contributed by atoms with Crippen LogP contribution in [0.25, 0.3) is 0 Å². The lowest BCUT2D eigenvalue weighted by Crippen LogP contribution is -2.42. The van der Waals surface area contributed by atoms with E-state index in [0.29, 0.717) is 12.0 Å². The number of hydrogen-bond donors (Lipinski definition) is 2. The lowest BCUT2D eigenvalue weighted by Gasteiger charge is -2.09. The fraction of sp³-hybridized carbons (Fsp3) is 0.385. The summed E-state index contributed by atoms with van der Waals surface area (Å²) in [6.45, 7) is 5.33. The molecule has 108 valence electrons. The third kappa shape index (κ3) is 4.34. The van der Waals surface area contributed by atoms with Crippen LogP contribution in [0.5, 0.6) is 0 Å². The van der Waals surface area contributed by atoms with Gasteiger partial charge in [-0.1, -0.05) is 13.8 Å².